The number of nitrogens with zero attached hydrogens (tertiary/aromatic N) is 1. The summed E-state index contributed by atoms with van der Waals surface area (Å²) in [5.41, 5.74) is 0.418. The fourth-order valence-electron chi connectivity index (χ4n) is 2.76. The maximum absolute atomic E-state index is 12.4. The van der Waals surface area contributed by atoms with Crippen molar-refractivity contribution in [2.24, 2.45) is 5.92 Å². The van der Waals surface area contributed by atoms with Gasteiger partial charge in [0.05, 0.1) is 18.7 Å². The molecule has 1 aliphatic heterocycles. The van der Waals surface area contributed by atoms with E-state index in [0.29, 0.717) is 54.1 Å². The monoisotopic (exact) mass is 382 g/mol. The molecule has 1 aromatic rings. The SMILES string of the molecule is COc1cc(C(=O)NCCCN2CCCC2=O)cc(Cl)c1OCC(C)C. The van der Waals surface area contributed by atoms with E-state index in [0.717, 1.165) is 19.4 Å². The third kappa shape index (κ3) is 5.53. The Kier molecular flexibility index (Phi) is 7.57. The van der Waals surface area contributed by atoms with Gasteiger partial charge in [-0.2, -0.15) is 0 Å². The molecule has 26 heavy (non-hydrogen) atoms. The first-order chi connectivity index (χ1) is 12.4. The summed E-state index contributed by atoms with van der Waals surface area (Å²) in [6, 6.07) is 3.21. The highest BCUT2D eigenvalue weighted by Crippen LogP contribution is 2.36. The van der Waals surface area contributed by atoms with Gasteiger partial charge in [0, 0.05) is 31.6 Å². The highest BCUT2D eigenvalue weighted by atomic mass is 35.5. The van der Waals surface area contributed by atoms with Crippen LogP contribution in [0.2, 0.25) is 5.02 Å². The van der Waals surface area contributed by atoms with Gasteiger partial charge in [0.1, 0.15) is 0 Å². The van der Waals surface area contributed by atoms with Gasteiger partial charge in [-0.05, 0) is 30.9 Å². The quantitative estimate of drug-likeness (QED) is 0.666. The minimum Gasteiger partial charge on any atom is -0.493 e. The van der Waals surface area contributed by atoms with Crippen LogP contribution in [0.15, 0.2) is 12.1 Å². The average Bonchev–Trinajstić information content (AvgIpc) is 3.01. The van der Waals surface area contributed by atoms with Crippen LogP contribution in [0.5, 0.6) is 11.5 Å². The number of hydrogen-bond donors (Lipinski definition) is 1. The first-order valence-corrected chi connectivity index (χ1v) is 9.36. The molecule has 6 nitrogen and oxygen atoms in total. The fraction of sp³-hybridized carbons (Fsp3) is 0.579. The summed E-state index contributed by atoms with van der Waals surface area (Å²) in [5.74, 6) is 1.21. The van der Waals surface area contributed by atoms with Gasteiger partial charge in [0.2, 0.25) is 5.91 Å². The van der Waals surface area contributed by atoms with E-state index in [-0.39, 0.29) is 11.8 Å². The van der Waals surface area contributed by atoms with Crippen LogP contribution in [0.3, 0.4) is 0 Å². The second-order valence-electron chi connectivity index (χ2n) is 6.79. The summed E-state index contributed by atoms with van der Waals surface area (Å²) in [7, 11) is 1.52. The molecule has 2 amide bonds. The van der Waals surface area contributed by atoms with Crippen molar-refractivity contribution in [1.29, 1.82) is 0 Å². The molecular weight excluding hydrogens is 356 g/mol. The normalized spacial score (nSPS) is 14.0. The molecule has 0 radical (unpaired) electrons. The molecular formula is C19H27ClN2O4. The summed E-state index contributed by atoms with van der Waals surface area (Å²) >= 11 is 6.28. The van der Waals surface area contributed by atoms with Crippen LogP contribution in [-0.4, -0.2) is 50.1 Å². The molecule has 0 unspecified atom stereocenters. The van der Waals surface area contributed by atoms with Crippen LogP contribution in [-0.2, 0) is 4.79 Å². The molecule has 1 fully saturated rings. The Bertz CT molecular complexity index is 649. The van der Waals surface area contributed by atoms with E-state index in [1.165, 1.54) is 7.11 Å². The summed E-state index contributed by atoms with van der Waals surface area (Å²) in [6.07, 6.45) is 2.28. The van der Waals surface area contributed by atoms with Crippen molar-refractivity contribution in [3.63, 3.8) is 0 Å². The molecule has 0 saturated carbocycles. The fourth-order valence-corrected chi connectivity index (χ4v) is 3.02. The number of likely N-dealkylation sites (tertiary alicyclic amines) is 1. The third-order valence-electron chi connectivity index (χ3n) is 4.11. The van der Waals surface area contributed by atoms with Gasteiger partial charge in [-0.1, -0.05) is 25.4 Å². The zero-order chi connectivity index (χ0) is 19.1. The Morgan fingerprint density at radius 2 is 2.15 bits per heavy atom. The van der Waals surface area contributed by atoms with Crippen LogP contribution in [0.1, 0.15) is 43.5 Å². The standard InChI is InChI=1S/C19H27ClN2O4/c1-13(2)12-26-18-15(20)10-14(11-16(18)25-3)19(24)21-7-5-9-22-8-4-6-17(22)23/h10-11,13H,4-9,12H2,1-3H3,(H,21,24). The van der Waals surface area contributed by atoms with Crippen molar-refractivity contribution in [3.8, 4) is 11.5 Å². The lowest BCUT2D eigenvalue weighted by atomic mass is 10.1. The predicted molar refractivity (Wildman–Crippen MR) is 101 cm³/mol. The molecule has 1 saturated heterocycles. The predicted octanol–water partition coefficient (Wildman–Crippen LogP) is 3.13. The molecule has 0 aromatic heterocycles. The second kappa shape index (κ2) is 9.67. The molecule has 0 bridgehead atoms. The van der Waals surface area contributed by atoms with Crippen LogP contribution in [0.25, 0.3) is 0 Å². The van der Waals surface area contributed by atoms with E-state index in [4.69, 9.17) is 21.1 Å². The van der Waals surface area contributed by atoms with Crippen molar-refractivity contribution in [1.82, 2.24) is 10.2 Å². The van der Waals surface area contributed by atoms with E-state index in [1.807, 2.05) is 18.7 Å². The maximum Gasteiger partial charge on any atom is 0.251 e. The minimum absolute atomic E-state index is 0.199. The number of benzene rings is 1. The van der Waals surface area contributed by atoms with Crippen molar-refractivity contribution in [2.45, 2.75) is 33.1 Å². The van der Waals surface area contributed by atoms with Crippen molar-refractivity contribution < 1.29 is 19.1 Å². The molecule has 1 N–H and O–H groups in total. The largest absolute Gasteiger partial charge is 0.493 e. The van der Waals surface area contributed by atoms with Crippen LogP contribution >= 0.6 is 11.6 Å². The van der Waals surface area contributed by atoms with Crippen molar-refractivity contribution in [2.75, 3.05) is 33.4 Å². The molecule has 144 valence electrons. The van der Waals surface area contributed by atoms with Crippen LogP contribution in [0, 0.1) is 5.92 Å². The van der Waals surface area contributed by atoms with Gasteiger partial charge < -0.3 is 19.7 Å². The van der Waals surface area contributed by atoms with Crippen LogP contribution in [0.4, 0.5) is 0 Å². The number of amides is 2. The number of methoxy groups -OCH3 is 1. The lowest BCUT2D eigenvalue weighted by Gasteiger charge is -2.16. The number of nitrogens with one attached hydrogen (secondary N) is 1. The van der Waals surface area contributed by atoms with Gasteiger partial charge >= 0.3 is 0 Å². The van der Waals surface area contributed by atoms with Gasteiger partial charge in [0.25, 0.3) is 5.91 Å². The van der Waals surface area contributed by atoms with Gasteiger partial charge in [-0.3, -0.25) is 9.59 Å². The summed E-state index contributed by atoms with van der Waals surface area (Å²) in [5, 5.41) is 3.20. The summed E-state index contributed by atoms with van der Waals surface area (Å²) < 4.78 is 11.0. The van der Waals surface area contributed by atoms with Gasteiger partial charge in [-0.25, -0.2) is 0 Å². The lowest BCUT2D eigenvalue weighted by molar-refractivity contribution is -0.127. The number of rotatable bonds is 9. The van der Waals surface area contributed by atoms with E-state index >= 15 is 0 Å². The van der Waals surface area contributed by atoms with Gasteiger partial charge in [0.15, 0.2) is 11.5 Å². The zero-order valence-electron chi connectivity index (χ0n) is 15.6. The lowest BCUT2D eigenvalue weighted by Crippen LogP contribution is -2.30. The third-order valence-corrected chi connectivity index (χ3v) is 4.40. The molecule has 1 heterocycles. The highest BCUT2D eigenvalue weighted by Gasteiger charge is 2.19. The zero-order valence-corrected chi connectivity index (χ0v) is 16.4. The first-order valence-electron chi connectivity index (χ1n) is 8.98. The van der Waals surface area contributed by atoms with Crippen LogP contribution < -0.4 is 14.8 Å². The Morgan fingerprint density at radius 1 is 1.38 bits per heavy atom. The number of carbonyl (C=O) groups is 2. The Hall–Kier alpha value is -1.95. The molecule has 0 atom stereocenters. The molecule has 2 rings (SSSR count). The average molecular weight is 383 g/mol. The minimum atomic E-state index is -0.228. The van der Waals surface area contributed by atoms with Crippen molar-refractivity contribution in [3.05, 3.63) is 22.7 Å². The Labute approximate surface area is 159 Å². The number of carbonyl (C=O) groups excluding carboxylic acids is 2. The molecule has 0 aliphatic carbocycles. The Morgan fingerprint density at radius 3 is 2.77 bits per heavy atom. The highest BCUT2D eigenvalue weighted by molar-refractivity contribution is 6.32. The summed E-state index contributed by atoms with van der Waals surface area (Å²) in [4.78, 5) is 25.8. The Balaban J connectivity index is 1.91. The van der Waals surface area contributed by atoms with E-state index in [9.17, 15) is 9.59 Å². The molecule has 7 heteroatoms. The van der Waals surface area contributed by atoms with E-state index in [1.54, 1.807) is 12.1 Å². The van der Waals surface area contributed by atoms with E-state index in [2.05, 4.69) is 5.32 Å². The second-order valence-corrected chi connectivity index (χ2v) is 7.20. The van der Waals surface area contributed by atoms with E-state index < -0.39 is 0 Å². The smallest absolute Gasteiger partial charge is 0.251 e. The number of halogens is 1. The van der Waals surface area contributed by atoms with Gasteiger partial charge in [-0.15, -0.1) is 0 Å². The molecule has 1 aliphatic rings. The number of ether oxygens (including phenoxy) is 2. The number of hydrogen-bond acceptors (Lipinski definition) is 4. The maximum atomic E-state index is 12.4. The summed E-state index contributed by atoms with van der Waals surface area (Å²) in [6.45, 7) is 6.57. The molecule has 1 aromatic carbocycles. The topological polar surface area (TPSA) is 67.9 Å². The van der Waals surface area contributed by atoms with Crippen molar-refractivity contribution >= 4 is 23.4 Å². The first kappa shape index (κ1) is 20.4. The molecule has 0 spiro atoms.